The second kappa shape index (κ2) is 7.14. The van der Waals surface area contributed by atoms with Crippen LogP contribution in [0.2, 0.25) is 0 Å². The summed E-state index contributed by atoms with van der Waals surface area (Å²) in [6.45, 7) is 8.93. The Labute approximate surface area is 135 Å². The molecule has 0 unspecified atom stereocenters. The van der Waals surface area contributed by atoms with Crippen LogP contribution in [0.5, 0.6) is 5.75 Å². The molecule has 0 aliphatic rings. The first-order valence-electron chi connectivity index (χ1n) is 7.20. The third kappa shape index (κ3) is 5.94. The van der Waals surface area contributed by atoms with Crippen LogP contribution in [0, 0.1) is 0 Å². The van der Waals surface area contributed by atoms with Crippen LogP contribution in [0.25, 0.3) is 0 Å². The zero-order valence-corrected chi connectivity index (χ0v) is 14.5. The molecular formula is C17H23BrN2O. The highest BCUT2D eigenvalue weighted by molar-refractivity contribution is 9.10. The molecule has 2 rings (SSSR count). The first kappa shape index (κ1) is 16.1. The molecule has 114 valence electrons. The summed E-state index contributed by atoms with van der Waals surface area (Å²) < 4.78 is 8.95. The monoisotopic (exact) mass is 350 g/mol. The average Bonchev–Trinajstić information content (AvgIpc) is 2.84. The van der Waals surface area contributed by atoms with E-state index in [9.17, 15) is 0 Å². The maximum absolute atomic E-state index is 5.75. The average molecular weight is 351 g/mol. The van der Waals surface area contributed by atoms with Gasteiger partial charge in [-0.25, -0.2) is 0 Å². The van der Waals surface area contributed by atoms with Crippen molar-refractivity contribution in [1.29, 1.82) is 0 Å². The predicted molar refractivity (Wildman–Crippen MR) is 90.7 cm³/mol. The highest BCUT2D eigenvalue weighted by Crippen LogP contribution is 2.17. The molecule has 1 N–H and O–H groups in total. The lowest BCUT2D eigenvalue weighted by Crippen LogP contribution is -2.34. The van der Waals surface area contributed by atoms with Gasteiger partial charge >= 0.3 is 0 Å². The second-order valence-corrected chi connectivity index (χ2v) is 7.08. The van der Waals surface area contributed by atoms with Gasteiger partial charge in [-0.05, 0) is 50.6 Å². The van der Waals surface area contributed by atoms with E-state index in [1.165, 1.54) is 5.56 Å². The quantitative estimate of drug-likeness (QED) is 0.844. The Hall–Kier alpha value is -1.26. The van der Waals surface area contributed by atoms with Crippen molar-refractivity contribution < 1.29 is 4.74 Å². The van der Waals surface area contributed by atoms with Crippen molar-refractivity contribution in [2.75, 3.05) is 6.61 Å². The van der Waals surface area contributed by atoms with Gasteiger partial charge in [0.2, 0.25) is 0 Å². The number of hydrogen-bond acceptors (Lipinski definition) is 2. The van der Waals surface area contributed by atoms with Crippen LogP contribution in [0.15, 0.2) is 47.2 Å². The summed E-state index contributed by atoms with van der Waals surface area (Å²) in [5, 5.41) is 3.49. The molecule has 1 heterocycles. The number of aromatic nitrogens is 1. The number of hydrogen-bond donors (Lipinski definition) is 1. The van der Waals surface area contributed by atoms with E-state index < -0.39 is 0 Å². The van der Waals surface area contributed by atoms with E-state index in [4.69, 9.17) is 4.74 Å². The Morgan fingerprint density at radius 1 is 1.24 bits per heavy atom. The van der Waals surface area contributed by atoms with Gasteiger partial charge in [-0.3, -0.25) is 0 Å². The molecule has 2 aromatic rings. The van der Waals surface area contributed by atoms with Crippen LogP contribution in [-0.4, -0.2) is 16.7 Å². The largest absolute Gasteiger partial charge is 0.492 e. The normalized spacial score (nSPS) is 11.6. The maximum atomic E-state index is 5.75. The van der Waals surface area contributed by atoms with Crippen molar-refractivity contribution in [3.8, 4) is 5.75 Å². The molecule has 0 bridgehead atoms. The Kier molecular flexibility index (Phi) is 5.48. The van der Waals surface area contributed by atoms with Crippen LogP contribution in [-0.2, 0) is 13.1 Å². The summed E-state index contributed by atoms with van der Waals surface area (Å²) in [7, 11) is 0. The third-order valence-electron chi connectivity index (χ3n) is 3.05. The van der Waals surface area contributed by atoms with Gasteiger partial charge in [-0.15, -0.1) is 0 Å². The first-order valence-corrected chi connectivity index (χ1v) is 8.00. The van der Waals surface area contributed by atoms with Gasteiger partial charge in [0.15, 0.2) is 0 Å². The van der Waals surface area contributed by atoms with E-state index in [0.717, 1.165) is 23.3 Å². The molecule has 0 atom stereocenters. The number of rotatable bonds is 6. The summed E-state index contributed by atoms with van der Waals surface area (Å²) in [6.07, 6.45) is 4.27. The van der Waals surface area contributed by atoms with E-state index in [1.807, 2.05) is 24.3 Å². The standard InChI is InChI=1S/C17H23BrN2O/c1-17(2,3)19-12-14-7-8-20(13-14)9-10-21-16-6-4-5-15(18)11-16/h4-8,11,13,19H,9-10,12H2,1-3H3. The summed E-state index contributed by atoms with van der Waals surface area (Å²) in [4.78, 5) is 0. The van der Waals surface area contributed by atoms with Gasteiger partial charge in [0, 0.05) is 29.0 Å². The molecule has 3 nitrogen and oxygen atoms in total. The Bertz CT molecular complexity index is 572. The molecule has 0 amide bonds. The van der Waals surface area contributed by atoms with Gasteiger partial charge in [0.05, 0.1) is 6.54 Å². The minimum absolute atomic E-state index is 0.145. The van der Waals surface area contributed by atoms with Crippen LogP contribution in [0.3, 0.4) is 0 Å². The van der Waals surface area contributed by atoms with Gasteiger partial charge < -0.3 is 14.6 Å². The molecule has 0 aliphatic carbocycles. The fourth-order valence-electron chi connectivity index (χ4n) is 1.93. The van der Waals surface area contributed by atoms with Crippen molar-refractivity contribution in [1.82, 2.24) is 9.88 Å². The van der Waals surface area contributed by atoms with Crippen LogP contribution < -0.4 is 10.1 Å². The van der Waals surface area contributed by atoms with Crippen LogP contribution in [0.4, 0.5) is 0 Å². The molecule has 21 heavy (non-hydrogen) atoms. The number of halogens is 1. The van der Waals surface area contributed by atoms with Crippen LogP contribution >= 0.6 is 15.9 Å². The number of ether oxygens (including phenoxy) is 1. The number of nitrogens with zero attached hydrogens (tertiary/aromatic N) is 1. The molecule has 1 aromatic heterocycles. The second-order valence-electron chi connectivity index (χ2n) is 6.17. The van der Waals surface area contributed by atoms with Crippen molar-refractivity contribution in [3.05, 3.63) is 52.8 Å². The summed E-state index contributed by atoms with van der Waals surface area (Å²) in [5.41, 5.74) is 1.44. The van der Waals surface area contributed by atoms with Crippen LogP contribution in [0.1, 0.15) is 26.3 Å². The lowest BCUT2D eigenvalue weighted by Gasteiger charge is -2.19. The molecule has 4 heteroatoms. The maximum Gasteiger partial charge on any atom is 0.120 e. The lowest BCUT2D eigenvalue weighted by molar-refractivity contribution is 0.298. The summed E-state index contributed by atoms with van der Waals surface area (Å²) in [5.74, 6) is 0.895. The molecule has 0 spiro atoms. The van der Waals surface area contributed by atoms with Gasteiger partial charge in [0.25, 0.3) is 0 Å². The van der Waals surface area contributed by atoms with Gasteiger partial charge in [-0.2, -0.15) is 0 Å². The molecule has 0 fully saturated rings. The predicted octanol–water partition coefficient (Wildman–Crippen LogP) is 4.22. The SMILES string of the molecule is CC(C)(C)NCc1ccn(CCOc2cccc(Br)c2)c1. The molecule has 0 saturated carbocycles. The van der Waals surface area contributed by atoms with E-state index in [2.05, 4.69) is 65.0 Å². The minimum Gasteiger partial charge on any atom is -0.492 e. The van der Waals surface area contributed by atoms with Crippen molar-refractivity contribution >= 4 is 15.9 Å². The topological polar surface area (TPSA) is 26.2 Å². The van der Waals surface area contributed by atoms with Crippen molar-refractivity contribution in [2.24, 2.45) is 0 Å². The highest BCUT2D eigenvalue weighted by atomic mass is 79.9. The fourth-order valence-corrected chi connectivity index (χ4v) is 2.31. The summed E-state index contributed by atoms with van der Waals surface area (Å²) in [6, 6.07) is 10.1. The van der Waals surface area contributed by atoms with Gasteiger partial charge in [0.1, 0.15) is 12.4 Å². The third-order valence-corrected chi connectivity index (χ3v) is 3.54. The number of nitrogens with one attached hydrogen (secondary N) is 1. The lowest BCUT2D eigenvalue weighted by atomic mass is 10.1. The molecule has 1 aromatic carbocycles. The smallest absolute Gasteiger partial charge is 0.120 e. The Morgan fingerprint density at radius 3 is 2.76 bits per heavy atom. The molecule has 0 saturated heterocycles. The Balaban J connectivity index is 1.78. The van der Waals surface area contributed by atoms with Crippen molar-refractivity contribution in [3.63, 3.8) is 0 Å². The van der Waals surface area contributed by atoms with Gasteiger partial charge in [-0.1, -0.05) is 22.0 Å². The molecule has 0 aliphatic heterocycles. The Morgan fingerprint density at radius 2 is 2.05 bits per heavy atom. The van der Waals surface area contributed by atoms with E-state index >= 15 is 0 Å². The van der Waals surface area contributed by atoms with Crippen molar-refractivity contribution in [2.45, 2.75) is 39.4 Å². The highest BCUT2D eigenvalue weighted by Gasteiger charge is 2.08. The van der Waals surface area contributed by atoms with E-state index in [1.54, 1.807) is 0 Å². The zero-order valence-electron chi connectivity index (χ0n) is 12.9. The fraction of sp³-hybridized carbons (Fsp3) is 0.412. The summed E-state index contributed by atoms with van der Waals surface area (Å²) >= 11 is 3.44. The van der Waals surface area contributed by atoms with E-state index in [0.29, 0.717) is 6.61 Å². The first-order chi connectivity index (χ1) is 9.92. The molecule has 0 radical (unpaired) electrons. The van der Waals surface area contributed by atoms with E-state index in [-0.39, 0.29) is 5.54 Å². The number of benzene rings is 1. The zero-order chi connectivity index (χ0) is 15.3. The minimum atomic E-state index is 0.145. The molecular weight excluding hydrogens is 328 g/mol.